The number of aliphatic carboxylic acids is 1. The van der Waals surface area contributed by atoms with Crippen LogP contribution >= 0.6 is 0 Å². The largest absolute Gasteiger partial charge is 0.480 e. The molecular formula is C12H20N2O3. The standard InChI is InChI=1S/C12H20N2O3/c1-8(9-6-13-7-9)11(15)14-5-3-2-4-10(14)12(16)17/h8-10,13H,2-7H2,1H3,(H,16,17)/t8?,10-/m1/s1. The maximum Gasteiger partial charge on any atom is 0.326 e. The third kappa shape index (κ3) is 2.44. The van der Waals surface area contributed by atoms with Crippen LogP contribution in [-0.2, 0) is 9.59 Å². The molecule has 0 aromatic heterocycles. The lowest BCUT2D eigenvalue weighted by molar-refractivity contribution is -0.154. The summed E-state index contributed by atoms with van der Waals surface area (Å²) in [7, 11) is 0. The molecule has 0 saturated carbocycles. The van der Waals surface area contributed by atoms with Crippen molar-refractivity contribution in [2.75, 3.05) is 19.6 Å². The van der Waals surface area contributed by atoms with Crippen LogP contribution in [0.4, 0.5) is 0 Å². The van der Waals surface area contributed by atoms with Crippen LogP contribution in [0.5, 0.6) is 0 Å². The Bertz CT molecular complexity index is 315. The third-order valence-corrected chi connectivity index (χ3v) is 3.98. The summed E-state index contributed by atoms with van der Waals surface area (Å²) in [5.41, 5.74) is 0. The van der Waals surface area contributed by atoms with E-state index >= 15 is 0 Å². The molecule has 2 saturated heterocycles. The number of hydrogen-bond donors (Lipinski definition) is 2. The lowest BCUT2D eigenvalue weighted by Crippen LogP contribution is -2.54. The Balaban J connectivity index is 2.02. The number of piperidine rings is 1. The van der Waals surface area contributed by atoms with Crippen molar-refractivity contribution >= 4 is 11.9 Å². The Labute approximate surface area is 101 Å². The van der Waals surface area contributed by atoms with E-state index < -0.39 is 12.0 Å². The van der Waals surface area contributed by atoms with Gasteiger partial charge in [0.15, 0.2) is 0 Å². The van der Waals surface area contributed by atoms with Crippen LogP contribution in [-0.4, -0.2) is 47.6 Å². The minimum absolute atomic E-state index is 0.0172. The predicted octanol–water partition coefficient (Wildman–Crippen LogP) is 0.308. The van der Waals surface area contributed by atoms with Crippen molar-refractivity contribution in [3.8, 4) is 0 Å². The topological polar surface area (TPSA) is 69.6 Å². The monoisotopic (exact) mass is 240 g/mol. The molecule has 5 nitrogen and oxygen atoms in total. The van der Waals surface area contributed by atoms with Gasteiger partial charge in [-0.3, -0.25) is 4.79 Å². The number of nitrogens with one attached hydrogen (secondary N) is 1. The Kier molecular flexibility index (Phi) is 3.66. The minimum Gasteiger partial charge on any atom is -0.480 e. The quantitative estimate of drug-likeness (QED) is 0.745. The van der Waals surface area contributed by atoms with Gasteiger partial charge < -0.3 is 15.3 Å². The Hall–Kier alpha value is -1.10. The highest BCUT2D eigenvalue weighted by Gasteiger charge is 2.37. The molecule has 0 aromatic rings. The summed E-state index contributed by atoms with van der Waals surface area (Å²) in [6.45, 7) is 4.26. The van der Waals surface area contributed by atoms with Crippen LogP contribution in [0.1, 0.15) is 26.2 Å². The maximum absolute atomic E-state index is 12.3. The van der Waals surface area contributed by atoms with E-state index in [9.17, 15) is 9.59 Å². The van der Waals surface area contributed by atoms with Crippen molar-refractivity contribution in [1.82, 2.24) is 10.2 Å². The number of likely N-dealkylation sites (tertiary alicyclic amines) is 1. The van der Waals surface area contributed by atoms with Crippen molar-refractivity contribution in [2.45, 2.75) is 32.2 Å². The predicted molar refractivity (Wildman–Crippen MR) is 62.5 cm³/mol. The van der Waals surface area contributed by atoms with Crippen LogP contribution in [0, 0.1) is 11.8 Å². The van der Waals surface area contributed by atoms with Gasteiger partial charge in [0.2, 0.25) is 5.91 Å². The van der Waals surface area contributed by atoms with E-state index in [4.69, 9.17) is 5.11 Å². The summed E-state index contributed by atoms with van der Waals surface area (Å²) in [5.74, 6) is -0.532. The van der Waals surface area contributed by atoms with Gasteiger partial charge >= 0.3 is 5.97 Å². The summed E-state index contributed by atoms with van der Waals surface area (Å²) in [5, 5.41) is 12.3. The number of carboxylic acid groups (broad SMARTS) is 1. The molecule has 17 heavy (non-hydrogen) atoms. The van der Waals surface area contributed by atoms with Crippen molar-refractivity contribution in [3.63, 3.8) is 0 Å². The number of rotatable bonds is 3. The number of hydrogen-bond acceptors (Lipinski definition) is 3. The number of carbonyl (C=O) groups excluding carboxylic acids is 1. The first kappa shape index (κ1) is 12.4. The average Bonchev–Trinajstić information content (AvgIpc) is 2.25. The van der Waals surface area contributed by atoms with Gasteiger partial charge in [0.1, 0.15) is 6.04 Å². The van der Waals surface area contributed by atoms with Gasteiger partial charge in [-0.25, -0.2) is 4.79 Å². The zero-order valence-electron chi connectivity index (χ0n) is 10.2. The molecule has 1 amide bonds. The van der Waals surface area contributed by atoms with Crippen molar-refractivity contribution in [1.29, 1.82) is 0 Å². The van der Waals surface area contributed by atoms with E-state index in [-0.39, 0.29) is 11.8 Å². The summed E-state index contributed by atoms with van der Waals surface area (Å²) in [6, 6.07) is -0.605. The molecule has 2 aliphatic heterocycles. The summed E-state index contributed by atoms with van der Waals surface area (Å²) >= 11 is 0. The van der Waals surface area contributed by atoms with Crippen LogP contribution < -0.4 is 5.32 Å². The summed E-state index contributed by atoms with van der Waals surface area (Å²) in [4.78, 5) is 25.0. The van der Waals surface area contributed by atoms with E-state index in [1.807, 2.05) is 6.92 Å². The first-order valence-corrected chi connectivity index (χ1v) is 6.35. The smallest absolute Gasteiger partial charge is 0.326 e. The second-order valence-electron chi connectivity index (χ2n) is 5.09. The molecule has 2 heterocycles. The Morgan fingerprint density at radius 3 is 2.59 bits per heavy atom. The van der Waals surface area contributed by atoms with Crippen LogP contribution in [0.25, 0.3) is 0 Å². The lowest BCUT2D eigenvalue weighted by Gasteiger charge is -2.39. The second-order valence-corrected chi connectivity index (χ2v) is 5.09. The van der Waals surface area contributed by atoms with Crippen LogP contribution in [0.15, 0.2) is 0 Å². The second kappa shape index (κ2) is 5.04. The van der Waals surface area contributed by atoms with Gasteiger partial charge in [-0.2, -0.15) is 0 Å². The third-order valence-electron chi connectivity index (χ3n) is 3.98. The molecule has 0 bridgehead atoms. The van der Waals surface area contributed by atoms with Crippen LogP contribution in [0.3, 0.4) is 0 Å². The first-order chi connectivity index (χ1) is 8.11. The highest BCUT2D eigenvalue weighted by Crippen LogP contribution is 2.24. The fraction of sp³-hybridized carbons (Fsp3) is 0.833. The molecule has 2 atom stereocenters. The molecule has 0 radical (unpaired) electrons. The zero-order valence-corrected chi connectivity index (χ0v) is 10.2. The molecule has 0 spiro atoms. The molecular weight excluding hydrogens is 220 g/mol. The minimum atomic E-state index is -0.864. The molecule has 2 N–H and O–H groups in total. The van der Waals surface area contributed by atoms with E-state index in [1.54, 1.807) is 4.90 Å². The molecule has 0 aliphatic carbocycles. The first-order valence-electron chi connectivity index (χ1n) is 6.35. The maximum atomic E-state index is 12.3. The summed E-state index contributed by atoms with van der Waals surface area (Å²) < 4.78 is 0. The van der Waals surface area contributed by atoms with E-state index in [2.05, 4.69) is 5.32 Å². The molecule has 5 heteroatoms. The SMILES string of the molecule is CC(C(=O)N1CCCC[C@@H]1C(=O)O)C1CNC1. The van der Waals surface area contributed by atoms with E-state index in [1.165, 1.54) is 0 Å². The van der Waals surface area contributed by atoms with Gasteiger partial charge in [0, 0.05) is 12.5 Å². The Morgan fingerprint density at radius 2 is 2.06 bits per heavy atom. The number of nitrogens with zero attached hydrogens (tertiary/aromatic N) is 1. The Morgan fingerprint density at radius 1 is 1.35 bits per heavy atom. The molecule has 1 unspecified atom stereocenters. The van der Waals surface area contributed by atoms with Gasteiger partial charge in [-0.1, -0.05) is 6.92 Å². The van der Waals surface area contributed by atoms with Crippen molar-refractivity contribution in [2.24, 2.45) is 11.8 Å². The fourth-order valence-electron chi connectivity index (χ4n) is 2.58. The average molecular weight is 240 g/mol. The van der Waals surface area contributed by atoms with Gasteiger partial charge in [0.25, 0.3) is 0 Å². The number of carbonyl (C=O) groups is 2. The van der Waals surface area contributed by atoms with E-state index in [0.29, 0.717) is 18.9 Å². The van der Waals surface area contributed by atoms with Crippen LogP contribution in [0.2, 0.25) is 0 Å². The van der Waals surface area contributed by atoms with Gasteiger partial charge in [0.05, 0.1) is 0 Å². The molecule has 2 aliphatic rings. The molecule has 2 fully saturated rings. The van der Waals surface area contributed by atoms with E-state index in [0.717, 1.165) is 25.9 Å². The lowest BCUT2D eigenvalue weighted by atomic mass is 9.87. The summed E-state index contributed by atoms with van der Waals surface area (Å²) in [6.07, 6.45) is 2.42. The number of carboxylic acids is 1. The molecule has 0 aromatic carbocycles. The molecule has 2 rings (SSSR count). The fourth-order valence-corrected chi connectivity index (χ4v) is 2.58. The normalized spacial score (nSPS) is 27.4. The van der Waals surface area contributed by atoms with Crippen molar-refractivity contribution < 1.29 is 14.7 Å². The molecule has 96 valence electrons. The highest BCUT2D eigenvalue weighted by atomic mass is 16.4. The van der Waals surface area contributed by atoms with Crippen molar-refractivity contribution in [3.05, 3.63) is 0 Å². The van der Waals surface area contributed by atoms with Gasteiger partial charge in [-0.05, 0) is 38.3 Å². The van der Waals surface area contributed by atoms with Gasteiger partial charge in [-0.15, -0.1) is 0 Å². The highest BCUT2D eigenvalue weighted by molar-refractivity contribution is 5.85. The number of amides is 1. The zero-order chi connectivity index (χ0) is 12.4.